The summed E-state index contributed by atoms with van der Waals surface area (Å²) in [6, 6.07) is 10.0. The second-order valence-electron chi connectivity index (χ2n) is 13.8. The number of hydrogen-bond acceptors (Lipinski definition) is 12. The number of hydrogen-bond donors (Lipinski definition) is 2. The van der Waals surface area contributed by atoms with Crippen LogP contribution in [0.25, 0.3) is 22.5 Å². The van der Waals surface area contributed by atoms with Gasteiger partial charge in [0, 0.05) is 11.1 Å². The molecule has 4 N–H and O–H groups in total. The quantitative estimate of drug-likeness (QED) is 0.0646. The molecule has 0 aliphatic heterocycles. The first-order valence-corrected chi connectivity index (χ1v) is 20.4. The van der Waals surface area contributed by atoms with E-state index in [2.05, 4.69) is 41.8 Å². The van der Waals surface area contributed by atoms with Crippen LogP contribution in [0.1, 0.15) is 68.7 Å². The molecular weight excluding hydrogens is 1070 g/mol. The average molecular weight is 1100 g/mol. The van der Waals surface area contributed by atoms with Crippen LogP contribution in [0.3, 0.4) is 0 Å². The molecule has 0 fully saturated rings. The minimum Gasteiger partial charge on any atom is -0.474 e. The Bertz CT molecular complexity index is 2680. The van der Waals surface area contributed by atoms with Gasteiger partial charge in [-0.3, -0.25) is 19.2 Å². The first-order chi connectivity index (χ1) is 31.9. The highest BCUT2D eigenvalue weighted by Gasteiger charge is 2.34. The van der Waals surface area contributed by atoms with Gasteiger partial charge in [0.1, 0.15) is 47.4 Å². The summed E-state index contributed by atoms with van der Waals surface area (Å²) < 4.78 is 170. The Balaban J connectivity index is 1.18. The highest BCUT2D eigenvalue weighted by Crippen LogP contribution is 2.38. The molecule has 2 atom stereocenters. The lowest BCUT2D eigenvalue weighted by Gasteiger charge is -2.18. The Hall–Kier alpha value is -6.96. The van der Waals surface area contributed by atoms with Gasteiger partial charge < -0.3 is 39.2 Å². The minimum atomic E-state index is -4.67. The van der Waals surface area contributed by atoms with Crippen molar-refractivity contribution in [3.8, 4) is 34.0 Å². The van der Waals surface area contributed by atoms with Crippen molar-refractivity contribution in [3.05, 3.63) is 139 Å². The highest BCUT2D eigenvalue weighted by molar-refractivity contribution is 9.10. The van der Waals surface area contributed by atoms with Crippen LogP contribution in [0.5, 0.6) is 11.5 Å². The van der Waals surface area contributed by atoms with Crippen LogP contribution in [-0.4, -0.2) is 46.9 Å². The summed E-state index contributed by atoms with van der Waals surface area (Å²) in [6.45, 7) is -1.80. The van der Waals surface area contributed by atoms with E-state index in [0.29, 0.717) is 12.1 Å². The molecule has 0 saturated carbocycles. The summed E-state index contributed by atoms with van der Waals surface area (Å²) in [6.07, 6.45) is -14.3. The van der Waals surface area contributed by atoms with Crippen LogP contribution >= 0.6 is 31.9 Å². The molecular formula is C42H26Br2F10N4O10. The van der Waals surface area contributed by atoms with Gasteiger partial charge in [-0.25, -0.2) is 27.5 Å². The number of primary amides is 2. The third-order valence-corrected chi connectivity index (χ3v) is 10.3. The fraction of sp³-hybridized carbons (Fsp3) is 0.190. The van der Waals surface area contributed by atoms with Crippen molar-refractivity contribution in [3.63, 3.8) is 0 Å². The SMILES string of the molecule is NC(=O)c1c(F)ccc(OC(COC(=O)CCC(=O)OCC(Oc2ccc(F)c(C(N)=O)c2F)c2nc(-c3ccc(C(F)(F)F)cc3)c(Br)o2)c2nc(-c3ccc(C(F)(F)F)cc3)c(Br)o2)c1F. The van der Waals surface area contributed by atoms with Crippen molar-refractivity contribution in [2.75, 3.05) is 13.2 Å². The predicted molar refractivity (Wildman–Crippen MR) is 217 cm³/mol. The van der Waals surface area contributed by atoms with Crippen LogP contribution in [0.15, 0.2) is 91.0 Å². The zero-order valence-corrected chi connectivity index (χ0v) is 36.8. The Labute approximate surface area is 390 Å². The van der Waals surface area contributed by atoms with Crippen molar-refractivity contribution in [2.24, 2.45) is 11.5 Å². The van der Waals surface area contributed by atoms with Crippen LogP contribution in [0.4, 0.5) is 43.9 Å². The number of carbonyl (C=O) groups excluding carboxylic acids is 4. The van der Waals surface area contributed by atoms with Gasteiger partial charge in [-0.05, 0) is 80.4 Å². The summed E-state index contributed by atoms with van der Waals surface area (Å²) in [5.41, 5.74) is 5.81. The zero-order chi connectivity index (χ0) is 49.8. The highest BCUT2D eigenvalue weighted by atomic mass is 79.9. The fourth-order valence-electron chi connectivity index (χ4n) is 5.90. The number of aromatic nitrogens is 2. The number of esters is 2. The van der Waals surface area contributed by atoms with E-state index in [0.717, 1.165) is 60.7 Å². The van der Waals surface area contributed by atoms with E-state index in [-0.39, 0.29) is 31.9 Å². The smallest absolute Gasteiger partial charge is 0.416 e. The number of benzene rings is 4. The normalized spacial score (nSPS) is 12.6. The molecule has 0 radical (unpaired) electrons. The second kappa shape index (κ2) is 20.5. The number of nitrogens with zero attached hydrogens (tertiary/aromatic N) is 2. The van der Waals surface area contributed by atoms with E-state index >= 15 is 8.78 Å². The summed E-state index contributed by atoms with van der Waals surface area (Å²) in [4.78, 5) is 57.8. The lowest BCUT2D eigenvalue weighted by atomic mass is 10.1. The van der Waals surface area contributed by atoms with Gasteiger partial charge >= 0.3 is 24.3 Å². The molecule has 6 aromatic rings. The topological polar surface area (TPSA) is 209 Å². The molecule has 14 nitrogen and oxygen atoms in total. The summed E-state index contributed by atoms with van der Waals surface area (Å²) >= 11 is 6.16. The van der Waals surface area contributed by atoms with Crippen LogP contribution in [0, 0.1) is 23.3 Å². The molecule has 2 unspecified atom stereocenters. The summed E-state index contributed by atoms with van der Waals surface area (Å²) in [7, 11) is 0. The number of rotatable bonds is 17. The third kappa shape index (κ3) is 11.8. The number of carbonyl (C=O) groups is 4. The van der Waals surface area contributed by atoms with Crippen molar-refractivity contribution in [2.45, 2.75) is 37.4 Å². The van der Waals surface area contributed by atoms with Crippen LogP contribution in [-0.2, 0) is 31.4 Å². The number of amides is 2. The third-order valence-electron chi connectivity index (χ3n) is 9.19. The van der Waals surface area contributed by atoms with Crippen LogP contribution < -0.4 is 20.9 Å². The molecule has 4 aromatic carbocycles. The Morgan fingerprint density at radius 1 is 0.559 bits per heavy atom. The number of ether oxygens (including phenoxy) is 4. The molecule has 358 valence electrons. The standard InChI is InChI=1S/C42H26Br2F10N4O10/c43-35-33(17-1-5-19(6-2-17)41(49,50)51)57-39(67-35)25(65-23-11-9-21(45)29(31(23)47)37(55)61)15-63-27(59)13-14-28(60)64-16-26(66-24-12-10-22(46)30(32(24)48)38(56)62)40-58-34(36(44)68-40)18-3-7-20(8-4-18)42(52,53)54/h1-12,25-26H,13-16H2,(H2,55,61)(H2,56,62). The van der Waals surface area contributed by atoms with E-state index in [1.54, 1.807) is 0 Å². The number of alkyl halides is 6. The van der Waals surface area contributed by atoms with Crippen molar-refractivity contribution in [1.29, 1.82) is 0 Å². The Morgan fingerprint density at radius 2 is 0.897 bits per heavy atom. The van der Waals surface area contributed by atoms with Crippen molar-refractivity contribution in [1.82, 2.24) is 9.97 Å². The molecule has 0 spiro atoms. The molecule has 0 bridgehead atoms. The number of nitrogens with two attached hydrogens (primary N) is 2. The van der Waals surface area contributed by atoms with Crippen molar-refractivity contribution < 1.29 is 90.9 Å². The number of halogens is 12. The lowest BCUT2D eigenvalue weighted by molar-refractivity contribution is -0.153. The Kier molecular flexibility index (Phi) is 15.2. The van der Waals surface area contributed by atoms with Crippen molar-refractivity contribution >= 4 is 55.6 Å². The molecule has 2 aromatic heterocycles. The minimum absolute atomic E-state index is 0.0824. The van der Waals surface area contributed by atoms with Gasteiger partial charge in [-0.1, -0.05) is 24.3 Å². The molecule has 0 aliphatic carbocycles. The molecule has 26 heteroatoms. The van der Waals surface area contributed by atoms with E-state index in [9.17, 15) is 54.3 Å². The van der Waals surface area contributed by atoms with E-state index < -0.39 is 143 Å². The zero-order valence-electron chi connectivity index (χ0n) is 33.6. The molecule has 2 amide bonds. The van der Waals surface area contributed by atoms with Crippen LogP contribution in [0.2, 0.25) is 0 Å². The predicted octanol–water partition coefficient (Wildman–Crippen LogP) is 10.1. The average Bonchev–Trinajstić information content (AvgIpc) is 3.85. The molecule has 0 saturated heterocycles. The van der Waals surface area contributed by atoms with Gasteiger partial charge in [0.25, 0.3) is 11.8 Å². The van der Waals surface area contributed by atoms with Gasteiger partial charge in [-0.2, -0.15) is 26.3 Å². The largest absolute Gasteiger partial charge is 0.474 e. The van der Waals surface area contributed by atoms with Gasteiger partial charge in [-0.15, -0.1) is 0 Å². The lowest BCUT2D eigenvalue weighted by Crippen LogP contribution is -2.22. The monoisotopic (exact) mass is 1090 g/mol. The van der Waals surface area contributed by atoms with Gasteiger partial charge in [0.2, 0.25) is 24.0 Å². The first-order valence-electron chi connectivity index (χ1n) is 18.8. The maximum atomic E-state index is 15.3. The summed E-state index contributed by atoms with van der Waals surface area (Å²) in [5.74, 6) is -13.8. The van der Waals surface area contributed by atoms with Gasteiger partial charge in [0.15, 0.2) is 32.5 Å². The van der Waals surface area contributed by atoms with E-state index in [1.165, 1.54) is 0 Å². The molecule has 2 heterocycles. The second-order valence-corrected chi connectivity index (χ2v) is 15.2. The Morgan fingerprint density at radius 3 is 1.21 bits per heavy atom. The van der Waals surface area contributed by atoms with E-state index in [4.69, 9.17) is 39.2 Å². The maximum absolute atomic E-state index is 15.3. The fourth-order valence-corrected chi connectivity index (χ4v) is 6.87. The molecule has 0 aliphatic rings. The number of oxazole rings is 2. The molecule has 6 rings (SSSR count). The van der Waals surface area contributed by atoms with Gasteiger partial charge in [0.05, 0.1) is 24.0 Å². The summed E-state index contributed by atoms with van der Waals surface area (Å²) in [5, 5.41) is 0. The first kappa shape index (κ1) is 50.5. The molecule has 68 heavy (non-hydrogen) atoms. The maximum Gasteiger partial charge on any atom is 0.416 e. The van der Waals surface area contributed by atoms with E-state index in [1.807, 2.05) is 0 Å².